The fourth-order valence-electron chi connectivity index (χ4n) is 1.47. The van der Waals surface area contributed by atoms with Gasteiger partial charge in [0, 0.05) is 5.71 Å². The summed E-state index contributed by atoms with van der Waals surface area (Å²) in [4.78, 5) is 4.73. The quantitative estimate of drug-likeness (QED) is 0.502. The second-order valence-electron chi connectivity index (χ2n) is 3.04. The van der Waals surface area contributed by atoms with E-state index in [1.54, 1.807) is 7.11 Å². The normalized spacial score (nSPS) is 31.5. The molecule has 0 aromatic rings. The lowest BCUT2D eigenvalue weighted by molar-refractivity contribution is 0.211. The van der Waals surface area contributed by atoms with Crippen molar-refractivity contribution in [3.8, 4) is 0 Å². The Kier molecular flexibility index (Phi) is 1.20. The molecule has 0 aromatic heterocycles. The van der Waals surface area contributed by atoms with Crippen LogP contribution in [0.4, 0.5) is 0 Å². The summed E-state index contributed by atoms with van der Waals surface area (Å²) in [6.07, 6.45) is 2.53. The van der Waals surface area contributed by atoms with Crippen molar-refractivity contribution >= 4 is 5.71 Å². The van der Waals surface area contributed by atoms with Gasteiger partial charge in [-0.05, 0) is 18.3 Å². The highest BCUT2D eigenvalue weighted by molar-refractivity contribution is 5.98. The number of oxime groups is 1. The van der Waals surface area contributed by atoms with Crippen molar-refractivity contribution in [3.63, 3.8) is 0 Å². The first kappa shape index (κ1) is 6.16. The van der Waals surface area contributed by atoms with Crippen molar-refractivity contribution in [3.05, 3.63) is 5.32 Å². The average Bonchev–Trinajstić information content (AvgIpc) is 2.57. The van der Waals surface area contributed by atoms with Crippen LogP contribution in [0.5, 0.6) is 0 Å². The molecule has 1 saturated carbocycles. The molecule has 10 heavy (non-hydrogen) atoms. The lowest BCUT2D eigenvalue weighted by Gasteiger charge is -2.07. The molecule has 1 spiro atoms. The minimum absolute atomic E-state index is 0.371. The van der Waals surface area contributed by atoms with Gasteiger partial charge in [0.2, 0.25) is 0 Å². The summed E-state index contributed by atoms with van der Waals surface area (Å²) in [5.41, 5.74) is 1.53. The van der Waals surface area contributed by atoms with Crippen molar-refractivity contribution in [2.24, 2.45) is 10.6 Å². The molecule has 0 N–H and O–H groups in total. The van der Waals surface area contributed by atoms with Crippen molar-refractivity contribution in [2.45, 2.75) is 12.8 Å². The lowest BCUT2D eigenvalue weighted by Crippen LogP contribution is -2.12. The third kappa shape index (κ3) is 0.736. The summed E-state index contributed by atoms with van der Waals surface area (Å²) in [7, 11) is 1.60. The Bertz CT molecular complexity index is 172. The molecule has 1 aliphatic heterocycles. The largest absolute Gasteiger partial charge is 0.657 e. The van der Waals surface area contributed by atoms with E-state index in [4.69, 9.17) is 4.84 Å². The third-order valence-corrected chi connectivity index (χ3v) is 2.34. The van der Waals surface area contributed by atoms with Crippen LogP contribution >= 0.6 is 0 Å². The molecule has 56 valence electrons. The first-order chi connectivity index (χ1) is 4.87. The van der Waals surface area contributed by atoms with Gasteiger partial charge in [-0.1, -0.05) is 5.16 Å². The predicted octanol–water partition coefficient (Wildman–Crippen LogP) is 1.16. The van der Waals surface area contributed by atoms with Crippen LogP contribution in [0.25, 0.3) is 5.32 Å². The van der Waals surface area contributed by atoms with Gasteiger partial charge in [-0.2, -0.15) is 0 Å². The Morgan fingerprint density at radius 3 is 3.00 bits per heavy atom. The van der Waals surface area contributed by atoms with E-state index in [0.717, 1.165) is 18.8 Å². The molecular formula is C7H11N2O-. The van der Waals surface area contributed by atoms with E-state index < -0.39 is 0 Å². The van der Waals surface area contributed by atoms with Gasteiger partial charge in [-0.3, -0.25) is 0 Å². The monoisotopic (exact) mass is 139 g/mol. The van der Waals surface area contributed by atoms with Gasteiger partial charge in [0.1, 0.15) is 7.11 Å². The SMILES string of the molecule is CO/N=C1\C[N-]CC12CC2. The molecule has 3 nitrogen and oxygen atoms in total. The standard InChI is InChI=1S/C7H11N2O/c1-10-9-6-4-8-5-7(6)2-3-7/h2-5H2,1H3/q-1/b9-6+. The van der Waals surface area contributed by atoms with Crippen LogP contribution in [0.3, 0.4) is 0 Å². The zero-order valence-corrected chi connectivity index (χ0v) is 6.13. The Labute approximate surface area is 60.4 Å². The smallest absolute Gasteiger partial charge is 0.106 e. The Balaban J connectivity index is 2.14. The van der Waals surface area contributed by atoms with Crippen LogP contribution in [0.15, 0.2) is 5.16 Å². The summed E-state index contributed by atoms with van der Waals surface area (Å²) in [6.45, 7) is 1.78. The van der Waals surface area contributed by atoms with E-state index in [1.807, 2.05) is 0 Å². The minimum Gasteiger partial charge on any atom is -0.657 e. The molecular weight excluding hydrogens is 128 g/mol. The number of hydrogen-bond donors (Lipinski definition) is 0. The number of nitrogens with zero attached hydrogens (tertiary/aromatic N) is 2. The van der Waals surface area contributed by atoms with Gasteiger partial charge in [-0.25, -0.2) is 0 Å². The molecule has 0 radical (unpaired) electrons. The first-order valence-electron chi connectivity index (χ1n) is 3.61. The van der Waals surface area contributed by atoms with Crippen LogP contribution in [-0.2, 0) is 4.84 Å². The Morgan fingerprint density at radius 1 is 1.60 bits per heavy atom. The summed E-state index contributed by atoms with van der Waals surface area (Å²) in [5, 5.41) is 8.25. The molecule has 1 saturated heterocycles. The van der Waals surface area contributed by atoms with Crippen molar-refractivity contribution in [1.82, 2.24) is 0 Å². The minimum atomic E-state index is 0.371. The van der Waals surface area contributed by atoms with Crippen LogP contribution < -0.4 is 0 Å². The van der Waals surface area contributed by atoms with E-state index in [2.05, 4.69) is 10.5 Å². The van der Waals surface area contributed by atoms with Gasteiger partial charge in [0.05, 0.1) is 0 Å². The molecule has 0 unspecified atom stereocenters. The predicted molar refractivity (Wildman–Crippen MR) is 39.2 cm³/mol. The molecule has 3 heteroatoms. The van der Waals surface area contributed by atoms with E-state index in [0.29, 0.717) is 5.41 Å². The number of rotatable bonds is 1. The maximum Gasteiger partial charge on any atom is 0.106 e. The van der Waals surface area contributed by atoms with Crippen molar-refractivity contribution in [1.29, 1.82) is 0 Å². The van der Waals surface area contributed by atoms with Gasteiger partial charge < -0.3 is 10.2 Å². The van der Waals surface area contributed by atoms with Crippen LogP contribution in [0, 0.1) is 5.41 Å². The second kappa shape index (κ2) is 1.95. The van der Waals surface area contributed by atoms with Gasteiger partial charge in [-0.15, -0.1) is 13.1 Å². The lowest BCUT2D eigenvalue weighted by atomic mass is 10.1. The summed E-state index contributed by atoms with van der Waals surface area (Å²) in [6, 6.07) is 0. The Hall–Kier alpha value is -0.570. The van der Waals surface area contributed by atoms with Crippen LogP contribution in [0.2, 0.25) is 0 Å². The molecule has 2 rings (SSSR count). The summed E-state index contributed by atoms with van der Waals surface area (Å²) >= 11 is 0. The van der Waals surface area contributed by atoms with Crippen LogP contribution in [-0.4, -0.2) is 25.9 Å². The highest BCUT2D eigenvalue weighted by Crippen LogP contribution is 2.51. The molecule has 0 aromatic carbocycles. The molecule has 1 heterocycles. The molecule has 2 aliphatic rings. The molecule has 0 atom stereocenters. The summed E-state index contributed by atoms with van der Waals surface area (Å²) < 4.78 is 0. The molecule has 1 aliphatic carbocycles. The first-order valence-corrected chi connectivity index (χ1v) is 3.61. The van der Waals surface area contributed by atoms with Gasteiger partial charge >= 0.3 is 0 Å². The summed E-state index contributed by atoms with van der Waals surface area (Å²) in [5.74, 6) is 0. The maximum absolute atomic E-state index is 4.73. The maximum atomic E-state index is 4.73. The molecule has 0 bridgehead atoms. The number of hydrogen-bond acceptors (Lipinski definition) is 2. The zero-order valence-electron chi connectivity index (χ0n) is 6.13. The van der Waals surface area contributed by atoms with E-state index >= 15 is 0 Å². The highest BCUT2D eigenvalue weighted by atomic mass is 16.6. The fourth-order valence-corrected chi connectivity index (χ4v) is 1.47. The zero-order chi connectivity index (χ0) is 7.03. The van der Waals surface area contributed by atoms with Gasteiger partial charge in [0.15, 0.2) is 0 Å². The van der Waals surface area contributed by atoms with E-state index in [1.165, 1.54) is 12.8 Å². The topological polar surface area (TPSA) is 35.7 Å². The third-order valence-electron chi connectivity index (χ3n) is 2.34. The van der Waals surface area contributed by atoms with Crippen molar-refractivity contribution in [2.75, 3.05) is 20.2 Å². The van der Waals surface area contributed by atoms with Crippen molar-refractivity contribution < 1.29 is 4.84 Å². The van der Waals surface area contributed by atoms with E-state index in [9.17, 15) is 0 Å². The average molecular weight is 139 g/mol. The van der Waals surface area contributed by atoms with Crippen LogP contribution in [0.1, 0.15) is 12.8 Å². The fraction of sp³-hybridized carbons (Fsp3) is 0.857. The molecule has 2 fully saturated rings. The Morgan fingerprint density at radius 2 is 2.40 bits per heavy atom. The molecule has 0 amide bonds. The van der Waals surface area contributed by atoms with E-state index in [-0.39, 0.29) is 0 Å². The highest BCUT2D eigenvalue weighted by Gasteiger charge is 2.45. The second-order valence-corrected chi connectivity index (χ2v) is 3.04. The van der Waals surface area contributed by atoms with Gasteiger partial charge in [0.25, 0.3) is 0 Å².